The lowest BCUT2D eigenvalue weighted by Crippen LogP contribution is -2.38. The van der Waals surface area contributed by atoms with E-state index in [1.165, 1.54) is 0 Å². The van der Waals surface area contributed by atoms with E-state index in [1.807, 2.05) is 6.92 Å². The summed E-state index contributed by atoms with van der Waals surface area (Å²) in [6, 6.07) is 0. The Balaban J connectivity index is 2.03. The lowest BCUT2D eigenvalue weighted by atomic mass is 9.81. The molecule has 0 amide bonds. The van der Waals surface area contributed by atoms with Crippen LogP contribution < -0.4 is 0 Å². The zero-order valence-corrected chi connectivity index (χ0v) is 8.84. The molecule has 3 unspecified atom stereocenters. The van der Waals surface area contributed by atoms with Gasteiger partial charge in [0.2, 0.25) is 0 Å². The predicted octanol–water partition coefficient (Wildman–Crippen LogP) is 1.82. The molecule has 76 valence electrons. The molecule has 0 aromatic rings. The molecule has 2 rings (SSSR count). The van der Waals surface area contributed by atoms with E-state index < -0.39 is 5.60 Å². The Bertz CT molecular complexity index is 195. The van der Waals surface area contributed by atoms with Gasteiger partial charge in [-0.3, -0.25) is 0 Å². The molecular weight excluding hydrogens is 164 g/mol. The number of rotatable bonds is 2. The second-order valence-electron chi connectivity index (χ2n) is 5.53. The third-order valence-electron chi connectivity index (χ3n) is 3.98. The highest BCUT2D eigenvalue weighted by molar-refractivity contribution is 5.07. The smallest absolute Gasteiger partial charge is 0.0703 e. The lowest BCUT2D eigenvalue weighted by Gasteiger charge is -2.30. The van der Waals surface area contributed by atoms with E-state index in [-0.39, 0.29) is 0 Å². The van der Waals surface area contributed by atoms with E-state index in [1.54, 1.807) is 0 Å². The van der Waals surface area contributed by atoms with E-state index in [0.717, 1.165) is 26.1 Å². The first-order valence-electron chi connectivity index (χ1n) is 5.25. The molecule has 0 radical (unpaired) electrons. The molecule has 3 atom stereocenters. The summed E-state index contributed by atoms with van der Waals surface area (Å²) in [6.07, 6.45) is 2.19. The highest BCUT2D eigenvalue weighted by atomic mass is 16.5. The van der Waals surface area contributed by atoms with Crippen molar-refractivity contribution in [2.45, 2.75) is 39.2 Å². The zero-order chi connectivity index (χ0) is 9.69. The van der Waals surface area contributed by atoms with Gasteiger partial charge in [-0.25, -0.2) is 0 Å². The monoisotopic (exact) mass is 184 g/mol. The van der Waals surface area contributed by atoms with Crippen molar-refractivity contribution in [2.75, 3.05) is 13.2 Å². The van der Waals surface area contributed by atoms with Crippen molar-refractivity contribution in [3.8, 4) is 0 Å². The van der Waals surface area contributed by atoms with Crippen LogP contribution >= 0.6 is 0 Å². The molecule has 0 aromatic carbocycles. The van der Waals surface area contributed by atoms with E-state index in [0.29, 0.717) is 17.3 Å². The highest BCUT2D eigenvalue weighted by Crippen LogP contribution is 2.59. The van der Waals surface area contributed by atoms with Crippen LogP contribution in [0.1, 0.15) is 33.6 Å². The highest BCUT2D eigenvalue weighted by Gasteiger charge is 2.58. The maximum atomic E-state index is 10.4. The van der Waals surface area contributed by atoms with Gasteiger partial charge in [0.25, 0.3) is 0 Å². The second-order valence-corrected chi connectivity index (χ2v) is 5.53. The topological polar surface area (TPSA) is 29.5 Å². The Labute approximate surface area is 80.3 Å². The SMILES string of the molecule is CC1(C)CC1C(C)(O)C1CCOC1. The minimum absolute atomic E-state index is 0.353. The summed E-state index contributed by atoms with van der Waals surface area (Å²) in [5.41, 5.74) is -0.147. The van der Waals surface area contributed by atoms with E-state index in [2.05, 4.69) is 13.8 Å². The Hall–Kier alpha value is -0.0800. The molecule has 2 nitrogen and oxygen atoms in total. The van der Waals surface area contributed by atoms with Crippen LogP contribution in [0.15, 0.2) is 0 Å². The summed E-state index contributed by atoms with van der Waals surface area (Å²) in [5, 5.41) is 10.4. The van der Waals surface area contributed by atoms with Crippen LogP contribution in [-0.2, 0) is 4.74 Å². The zero-order valence-electron chi connectivity index (χ0n) is 8.84. The standard InChI is InChI=1S/C11H20O2/c1-10(2)6-9(10)11(3,12)8-4-5-13-7-8/h8-9,12H,4-7H2,1-3H3. The summed E-state index contributed by atoms with van der Waals surface area (Å²) in [7, 11) is 0. The Morgan fingerprint density at radius 1 is 1.46 bits per heavy atom. The molecule has 0 aromatic heterocycles. The van der Waals surface area contributed by atoms with Crippen molar-refractivity contribution in [3.05, 3.63) is 0 Å². The Morgan fingerprint density at radius 3 is 2.46 bits per heavy atom. The lowest BCUT2D eigenvalue weighted by molar-refractivity contribution is -0.0338. The van der Waals surface area contributed by atoms with Crippen molar-refractivity contribution in [3.63, 3.8) is 0 Å². The van der Waals surface area contributed by atoms with Crippen LogP contribution in [-0.4, -0.2) is 23.9 Å². The van der Waals surface area contributed by atoms with Crippen molar-refractivity contribution in [1.82, 2.24) is 0 Å². The van der Waals surface area contributed by atoms with Gasteiger partial charge >= 0.3 is 0 Å². The van der Waals surface area contributed by atoms with Crippen LogP contribution in [0.4, 0.5) is 0 Å². The maximum Gasteiger partial charge on any atom is 0.0703 e. The van der Waals surface area contributed by atoms with Gasteiger partial charge in [0.1, 0.15) is 0 Å². The summed E-state index contributed by atoms with van der Waals surface area (Å²) in [6.45, 7) is 8.04. The van der Waals surface area contributed by atoms with Crippen molar-refractivity contribution < 1.29 is 9.84 Å². The van der Waals surface area contributed by atoms with Crippen molar-refractivity contribution in [2.24, 2.45) is 17.3 Å². The van der Waals surface area contributed by atoms with Gasteiger partial charge < -0.3 is 9.84 Å². The third kappa shape index (κ3) is 1.50. The average Bonchev–Trinajstić information content (AvgIpc) is 2.56. The molecule has 1 aliphatic carbocycles. The molecule has 1 N–H and O–H groups in total. The number of hydrogen-bond acceptors (Lipinski definition) is 2. The van der Waals surface area contributed by atoms with Crippen LogP contribution in [0.2, 0.25) is 0 Å². The quantitative estimate of drug-likeness (QED) is 0.709. The molecule has 1 saturated heterocycles. The van der Waals surface area contributed by atoms with Gasteiger partial charge in [0, 0.05) is 12.5 Å². The number of aliphatic hydroxyl groups is 1. The predicted molar refractivity (Wildman–Crippen MR) is 51.4 cm³/mol. The molecule has 1 heterocycles. The van der Waals surface area contributed by atoms with E-state index in [4.69, 9.17) is 4.74 Å². The Morgan fingerprint density at radius 2 is 2.08 bits per heavy atom. The minimum atomic E-state index is -0.500. The molecule has 1 saturated carbocycles. The Kier molecular flexibility index (Phi) is 1.97. The summed E-state index contributed by atoms with van der Waals surface area (Å²) < 4.78 is 5.33. The fourth-order valence-electron chi connectivity index (χ4n) is 2.74. The van der Waals surface area contributed by atoms with Gasteiger partial charge in [0.05, 0.1) is 12.2 Å². The van der Waals surface area contributed by atoms with E-state index >= 15 is 0 Å². The molecular formula is C11H20O2. The van der Waals surface area contributed by atoms with Gasteiger partial charge in [-0.15, -0.1) is 0 Å². The normalized spacial score (nSPS) is 41.5. The maximum absolute atomic E-state index is 10.4. The van der Waals surface area contributed by atoms with Crippen molar-refractivity contribution in [1.29, 1.82) is 0 Å². The first kappa shape index (κ1) is 9.47. The molecule has 1 aliphatic heterocycles. The first-order chi connectivity index (χ1) is 5.94. The fraction of sp³-hybridized carbons (Fsp3) is 1.00. The van der Waals surface area contributed by atoms with Crippen LogP contribution in [0.25, 0.3) is 0 Å². The van der Waals surface area contributed by atoms with Crippen LogP contribution in [0.5, 0.6) is 0 Å². The number of ether oxygens (including phenoxy) is 1. The van der Waals surface area contributed by atoms with Gasteiger partial charge in [-0.05, 0) is 31.1 Å². The molecule has 2 fully saturated rings. The molecule has 13 heavy (non-hydrogen) atoms. The summed E-state index contributed by atoms with van der Waals surface area (Å²) >= 11 is 0. The largest absolute Gasteiger partial charge is 0.389 e. The molecule has 0 spiro atoms. The molecule has 2 heteroatoms. The average molecular weight is 184 g/mol. The molecule has 0 bridgehead atoms. The second kappa shape index (κ2) is 2.71. The van der Waals surface area contributed by atoms with Gasteiger partial charge in [-0.1, -0.05) is 13.8 Å². The third-order valence-corrected chi connectivity index (χ3v) is 3.98. The fourth-order valence-corrected chi connectivity index (χ4v) is 2.74. The van der Waals surface area contributed by atoms with Gasteiger partial charge in [0.15, 0.2) is 0 Å². The van der Waals surface area contributed by atoms with Gasteiger partial charge in [-0.2, -0.15) is 0 Å². The minimum Gasteiger partial charge on any atom is -0.389 e. The van der Waals surface area contributed by atoms with Crippen LogP contribution in [0.3, 0.4) is 0 Å². The van der Waals surface area contributed by atoms with Crippen molar-refractivity contribution >= 4 is 0 Å². The molecule has 2 aliphatic rings. The van der Waals surface area contributed by atoms with Crippen LogP contribution in [0, 0.1) is 17.3 Å². The van der Waals surface area contributed by atoms with E-state index in [9.17, 15) is 5.11 Å². The summed E-state index contributed by atoms with van der Waals surface area (Å²) in [5.74, 6) is 0.839. The number of hydrogen-bond donors (Lipinski definition) is 1. The first-order valence-corrected chi connectivity index (χ1v) is 5.25. The summed E-state index contributed by atoms with van der Waals surface area (Å²) in [4.78, 5) is 0.